The van der Waals surface area contributed by atoms with Crippen molar-refractivity contribution in [2.24, 2.45) is 0 Å². The predicted octanol–water partition coefficient (Wildman–Crippen LogP) is -9.86. The molecule has 0 spiro atoms. The van der Waals surface area contributed by atoms with Gasteiger partial charge in [-0.3, -0.25) is 14.6 Å². The summed E-state index contributed by atoms with van der Waals surface area (Å²) in [5, 5.41) is 50.5. The molecule has 56 valence electrons. The molecule has 0 unspecified atom stereocenters. The van der Waals surface area contributed by atoms with Crippen molar-refractivity contribution >= 4 is 151 Å². The maximum absolute atomic E-state index is 8.42. The second-order valence-electron chi connectivity index (χ2n) is 0.577. The molecule has 7 nitrogen and oxygen atoms in total. The molecule has 0 amide bonds. The molecule has 0 radical (unpaired) electrons. The van der Waals surface area contributed by atoms with Crippen LogP contribution in [0.5, 0.6) is 0 Å². The SMILES string of the molecule is O.[O-]B([O-])[O-].[O-]B([O-])[O-].[Sr+2].[Sr+2].[Sr+2]. The average molecular weight is 398 g/mol. The van der Waals surface area contributed by atoms with E-state index in [2.05, 4.69) is 0 Å². The molecule has 0 aromatic carbocycles. The van der Waals surface area contributed by atoms with E-state index in [1.807, 2.05) is 0 Å². The van der Waals surface area contributed by atoms with E-state index in [1.54, 1.807) is 0 Å². The van der Waals surface area contributed by atoms with E-state index in [4.69, 9.17) is 30.1 Å². The normalized spacial score (nSPS) is 4.50. The number of hydrogen-bond donors (Lipinski definition) is 0. The maximum atomic E-state index is 8.42. The Kier molecular flexibility index (Phi) is 88.4. The first-order valence-electron chi connectivity index (χ1n) is 1.41. The van der Waals surface area contributed by atoms with Crippen LogP contribution in [0.4, 0.5) is 0 Å². The summed E-state index contributed by atoms with van der Waals surface area (Å²) in [6, 6.07) is 0. The van der Waals surface area contributed by atoms with Gasteiger partial charge in [0.05, 0.1) is 0 Å². The molecule has 0 rings (SSSR count). The molecule has 0 fully saturated rings. The Hall–Kier alpha value is 4.29. The minimum absolute atomic E-state index is 0. The average Bonchev–Trinajstić information content (AvgIpc) is 1.25. The zero-order chi connectivity index (χ0) is 7.15. The van der Waals surface area contributed by atoms with Crippen LogP contribution in [-0.4, -0.2) is 157 Å². The van der Waals surface area contributed by atoms with E-state index in [0.29, 0.717) is 0 Å². The van der Waals surface area contributed by atoms with Gasteiger partial charge in [0.15, 0.2) is 0 Å². The van der Waals surface area contributed by atoms with Gasteiger partial charge in [-0.05, 0) is 0 Å². The number of hydrogen-bond acceptors (Lipinski definition) is 6. The Morgan fingerprint density at radius 1 is 0.500 bits per heavy atom. The first-order valence-corrected chi connectivity index (χ1v) is 1.41. The van der Waals surface area contributed by atoms with Crippen LogP contribution in [0.15, 0.2) is 0 Å². The summed E-state index contributed by atoms with van der Waals surface area (Å²) >= 11 is 0. The molecule has 0 aliphatic carbocycles. The Morgan fingerprint density at radius 2 is 0.500 bits per heavy atom. The second kappa shape index (κ2) is 29.5. The van der Waals surface area contributed by atoms with Gasteiger partial charge in [-0.15, -0.1) is 0 Å². The Bertz CT molecular complexity index is 32.1. The summed E-state index contributed by atoms with van der Waals surface area (Å²) in [5.74, 6) is 0. The third-order valence-corrected chi connectivity index (χ3v) is 0. The van der Waals surface area contributed by atoms with Gasteiger partial charge in [0.1, 0.15) is 0 Å². The smallest absolute Gasteiger partial charge is 0.907 e. The van der Waals surface area contributed by atoms with Crippen molar-refractivity contribution in [1.82, 2.24) is 0 Å². The van der Waals surface area contributed by atoms with E-state index in [1.165, 1.54) is 0 Å². The van der Waals surface area contributed by atoms with Crippen LogP contribution in [-0.2, 0) is 0 Å². The molecule has 0 bridgehead atoms. The summed E-state index contributed by atoms with van der Waals surface area (Å²) in [4.78, 5) is 0. The van der Waals surface area contributed by atoms with Crippen LogP contribution in [0, 0.1) is 0 Å². The van der Waals surface area contributed by atoms with Gasteiger partial charge in [-0.25, -0.2) is 0 Å². The van der Waals surface area contributed by atoms with E-state index in [0.717, 1.165) is 0 Å². The summed E-state index contributed by atoms with van der Waals surface area (Å²) in [5.41, 5.74) is 0. The third kappa shape index (κ3) is 137. The van der Waals surface area contributed by atoms with Gasteiger partial charge in [0, 0.05) is 0 Å². The largest absolute Gasteiger partial charge is 2.00 e. The fourth-order valence-corrected chi connectivity index (χ4v) is 0. The van der Waals surface area contributed by atoms with E-state index >= 15 is 0 Å². The monoisotopic (exact) mass is 400 g/mol. The standard InChI is InChI=1S/2BO3.H2O.3Sr/c2*2-1(3)4;;;;/h;;1H2;;;/q2*-3;;3*+2. The molecule has 0 atom stereocenters. The molecular formula is H2B2O7Sr3. The van der Waals surface area contributed by atoms with Crippen molar-refractivity contribution in [3.05, 3.63) is 0 Å². The summed E-state index contributed by atoms with van der Waals surface area (Å²) in [6.07, 6.45) is 0. The van der Waals surface area contributed by atoms with Gasteiger partial charge < -0.3 is 35.6 Å². The minimum Gasteiger partial charge on any atom is -0.907 e. The minimum atomic E-state index is -2.92. The molecule has 0 heterocycles. The molecule has 12 heavy (non-hydrogen) atoms. The van der Waals surface area contributed by atoms with Crippen LogP contribution < -0.4 is 30.1 Å². The van der Waals surface area contributed by atoms with Gasteiger partial charge in [-0.1, -0.05) is 0 Å². The van der Waals surface area contributed by atoms with Crippen LogP contribution >= 0.6 is 0 Å². The van der Waals surface area contributed by atoms with Crippen molar-refractivity contribution in [3.63, 3.8) is 0 Å². The first-order chi connectivity index (χ1) is 3.46. The van der Waals surface area contributed by atoms with Crippen LogP contribution in [0.25, 0.3) is 0 Å². The molecule has 12 heteroatoms. The van der Waals surface area contributed by atoms with Gasteiger partial charge in [-0.2, -0.15) is 0 Å². The van der Waals surface area contributed by atoms with Gasteiger partial charge in [0.2, 0.25) is 0 Å². The van der Waals surface area contributed by atoms with Crippen LogP contribution in [0.3, 0.4) is 0 Å². The fraction of sp³-hybridized carbons (Fsp3) is 0. The first kappa shape index (κ1) is 36.0. The van der Waals surface area contributed by atoms with Crippen molar-refractivity contribution in [1.29, 1.82) is 0 Å². The second-order valence-corrected chi connectivity index (χ2v) is 0.577. The molecule has 0 aliphatic heterocycles. The molecule has 0 saturated heterocycles. The Balaban J connectivity index is -0.0000000112. The van der Waals surface area contributed by atoms with E-state index < -0.39 is 14.6 Å². The van der Waals surface area contributed by atoms with Crippen molar-refractivity contribution in [2.45, 2.75) is 0 Å². The van der Waals surface area contributed by atoms with Gasteiger partial charge >= 0.3 is 136 Å². The van der Waals surface area contributed by atoms with Gasteiger partial charge in [0.25, 0.3) is 0 Å². The zero-order valence-electron chi connectivity index (χ0n) is 6.23. The molecule has 0 aliphatic rings. The van der Waals surface area contributed by atoms with Crippen molar-refractivity contribution < 1.29 is 35.6 Å². The van der Waals surface area contributed by atoms with Crippen molar-refractivity contribution in [3.8, 4) is 0 Å². The molecule has 0 saturated carbocycles. The van der Waals surface area contributed by atoms with Crippen LogP contribution in [0.2, 0.25) is 0 Å². The predicted molar refractivity (Wildman–Crippen MR) is 32.4 cm³/mol. The molecule has 2 N–H and O–H groups in total. The summed E-state index contributed by atoms with van der Waals surface area (Å²) in [6.45, 7) is 0. The Labute approximate surface area is 182 Å². The Morgan fingerprint density at radius 3 is 0.500 bits per heavy atom. The number of rotatable bonds is 0. The fourth-order valence-electron chi connectivity index (χ4n) is 0. The van der Waals surface area contributed by atoms with Crippen LogP contribution in [0.1, 0.15) is 0 Å². The van der Waals surface area contributed by atoms with Crippen molar-refractivity contribution in [2.75, 3.05) is 0 Å². The third-order valence-electron chi connectivity index (χ3n) is 0. The maximum Gasteiger partial charge on any atom is 2.00 e. The topological polar surface area (TPSA) is 170 Å². The summed E-state index contributed by atoms with van der Waals surface area (Å²) in [7, 11) is -5.83. The molecule has 0 aromatic rings. The summed E-state index contributed by atoms with van der Waals surface area (Å²) < 4.78 is 0. The molecular weight excluding hydrogens is 396 g/mol. The van der Waals surface area contributed by atoms with E-state index in [-0.39, 0.29) is 142 Å². The quantitative estimate of drug-likeness (QED) is 0.367. The zero-order valence-corrected chi connectivity index (χ0v) is 16.7. The van der Waals surface area contributed by atoms with E-state index in [9.17, 15) is 0 Å². The molecule has 0 aromatic heterocycles.